The summed E-state index contributed by atoms with van der Waals surface area (Å²) in [4.78, 5) is 8.53. The second kappa shape index (κ2) is 5.35. The average molecular weight is 303 g/mol. The zero-order valence-corrected chi connectivity index (χ0v) is 13.1. The van der Waals surface area contributed by atoms with E-state index in [9.17, 15) is 0 Å². The van der Waals surface area contributed by atoms with Crippen molar-refractivity contribution in [2.24, 2.45) is 0 Å². The van der Waals surface area contributed by atoms with Crippen LogP contribution in [-0.4, -0.2) is 19.6 Å². The molecule has 0 bridgehead atoms. The summed E-state index contributed by atoms with van der Waals surface area (Å²) in [6.45, 7) is 4.10. The van der Waals surface area contributed by atoms with Crippen LogP contribution in [0.3, 0.4) is 0 Å². The van der Waals surface area contributed by atoms with Gasteiger partial charge < -0.3 is 5.32 Å². The number of anilines is 1. The molecule has 114 valence electrons. The van der Waals surface area contributed by atoms with E-state index in [-0.39, 0.29) is 6.04 Å². The summed E-state index contributed by atoms with van der Waals surface area (Å²) in [7, 11) is 0. The maximum Gasteiger partial charge on any atom is 0.254 e. The maximum absolute atomic E-state index is 4.37. The van der Waals surface area contributed by atoms with E-state index in [4.69, 9.17) is 0 Å². The molecule has 5 nitrogen and oxygen atoms in total. The quantitative estimate of drug-likeness (QED) is 0.626. The standard InChI is InChI=1S/C18H17N5/c1-12-9-17(23-18(21-12)19-11-20-23)22-13(2)15-8-7-14-5-3-4-6-16(14)10-15/h3-11,13,22H,1-2H3. The van der Waals surface area contributed by atoms with Crippen LogP contribution >= 0.6 is 0 Å². The van der Waals surface area contributed by atoms with Gasteiger partial charge in [0.25, 0.3) is 5.78 Å². The van der Waals surface area contributed by atoms with E-state index < -0.39 is 0 Å². The third kappa shape index (κ3) is 2.50. The summed E-state index contributed by atoms with van der Waals surface area (Å²) in [5.41, 5.74) is 2.14. The molecule has 0 aliphatic rings. The highest BCUT2D eigenvalue weighted by atomic mass is 15.4. The van der Waals surface area contributed by atoms with Crippen LogP contribution in [0, 0.1) is 6.92 Å². The second-order valence-corrected chi connectivity index (χ2v) is 5.73. The van der Waals surface area contributed by atoms with Gasteiger partial charge in [0.2, 0.25) is 0 Å². The third-order valence-electron chi connectivity index (χ3n) is 4.02. The number of rotatable bonds is 3. The predicted molar refractivity (Wildman–Crippen MR) is 91.5 cm³/mol. The first kappa shape index (κ1) is 13.7. The lowest BCUT2D eigenvalue weighted by molar-refractivity contribution is 0.839. The van der Waals surface area contributed by atoms with Gasteiger partial charge >= 0.3 is 0 Å². The highest BCUT2D eigenvalue weighted by molar-refractivity contribution is 5.83. The molecule has 0 aliphatic heterocycles. The molecule has 23 heavy (non-hydrogen) atoms. The number of hydrogen-bond acceptors (Lipinski definition) is 4. The summed E-state index contributed by atoms with van der Waals surface area (Å²) in [5, 5.41) is 10.2. The fourth-order valence-electron chi connectivity index (χ4n) is 2.82. The number of nitrogens with zero attached hydrogens (tertiary/aromatic N) is 4. The molecule has 0 fully saturated rings. The normalized spacial score (nSPS) is 12.6. The molecule has 0 radical (unpaired) electrons. The van der Waals surface area contributed by atoms with Crippen molar-refractivity contribution in [2.45, 2.75) is 19.9 Å². The topological polar surface area (TPSA) is 55.1 Å². The largest absolute Gasteiger partial charge is 0.363 e. The molecule has 0 saturated carbocycles. The van der Waals surface area contributed by atoms with Crippen molar-refractivity contribution in [2.75, 3.05) is 5.32 Å². The minimum Gasteiger partial charge on any atom is -0.363 e. The zero-order valence-electron chi connectivity index (χ0n) is 13.1. The Bertz CT molecular complexity index is 989. The summed E-state index contributed by atoms with van der Waals surface area (Å²) in [6, 6.07) is 17.1. The molecule has 1 N–H and O–H groups in total. The summed E-state index contributed by atoms with van der Waals surface area (Å²) >= 11 is 0. The Morgan fingerprint density at radius 3 is 2.74 bits per heavy atom. The highest BCUT2D eigenvalue weighted by Gasteiger charge is 2.10. The van der Waals surface area contributed by atoms with E-state index in [0.717, 1.165) is 11.5 Å². The average Bonchev–Trinajstić information content (AvgIpc) is 3.02. The van der Waals surface area contributed by atoms with Crippen LogP contribution in [0.25, 0.3) is 16.6 Å². The van der Waals surface area contributed by atoms with Gasteiger partial charge in [-0.05, 0) is 36.2 Å². The highest BCUT2D eigenvalue weighted by Crippen LogP contribution is 2.23. The lowest BCUT2D eigenvalue weighted by Crippen LogP contribution is -2.11. The van der Waals surface area contributed by atoms with Gasteiger partial charge in [0.05, 0.1) is 0 Å². The summed E-state index contributed by atoms with van der Waals surface area (Å²) in [6.07, 6.45) is 1.52. The molecule has 5 heteroatoms. The number of aryl methyl sites for hydroxylation is 1. The number of aromatic nitrogens is 4. The van der Waals surface area contributed by atoms with Gasteiger partial charge in [-0.2, -0.15) is 14.6 Å². The van der Waals surface area contributed by atoms with Crippen LogP contribution < -0.4 is 5.32 Å². The van der Waals surface area contributed by atoms with Crippen molar-refractivity contribution in [1.82, 2.24) is 19.6 Å². The molecule has 0 saturated heterocycles. The van der Waals surface area contributed by atoms with Crippen molar-refractivity contribution >= 4 is 22.4 Å². The SMILES string of the molecule is Cc1cc(NC(C)c2ccc3ccccc3c2)n2ncnc2n1. The third-order valence-corrected chi connectivity index (χ3v) is 4.02. The number of hydrogen-bond donors (Lipinski definition) is 1. The minimum atomic E-state index is 0.147. The Balaban J connectivity index is 1.70. The molecule has 2 heterocycles. The fraction of sp³-hybridized carbons (Fsp3) is 0.167. The van der Waals surface area contributed by atoms with Gasteiger partial charge in [-0.15, -0.1) is 0 Å². The Morgan fingerprint density at radius 2 is 1.87 bits per heavy atom. The summed E-state index contributed by atoms with van der Waals surface area (Å²) in [5.74, 6) is 1.50. The van der Waals surface area contributed by atoms with Crippen LogP contribution in [-0.2, 0) is 0 Å². The zero-order chi connectivity index (χ0) is 15.8. The van der Waals surface area contributed by atoms with E-state index >= 15 is 0 Å². The van der Waals surface area contributed by atoms with Crippen molar-refractivity contribution in [1.29, 1.82) is 0 Å². The second-order valence-electron chi connectivity index (χ2n) is 5.73. The molecule has 1 atom stereocenters. The van der Waals surface area contributed by atoms with Crippen LogP contribution in [0.4, 0.5) is 5.82 Å². The van der Waals surface area contributed by atoms with E-state index in [1.165, 1.54) is 22.7 Å². The van der Waals surface area contributed by atoms with Gasteiger partial charge in [-0.3, -0.25) is 0 Å². The molecule has 0 spiro atoms. The number of fused-ring (bicyclic) bond motifs is 2. The van der Waals surface area contributed by atoms with Crippen molar-refractivity contribution in [3.05, 3.63) is 66.1 Å². The molecule has 1 unspecified atom stereocenters. The Kier molecular flexibility index (Phi) is 3.19. The molecule has 0 aliphatic carbocycles. The smallest absolute Gasteiger partial charge is 0.254 e. The van der Waals surface area contributed by atoms with Gasteiger partial charge in [-0.25, -0.2) is 4.98 Å². The first-order valence-electron chi connectivity index (χ1n) is 7.63. The molecular formula is C18H17N5. The fourth-order valence-corrected chi connectivity index (χ4v) is 2.82. The number of benzene rings is 2. The van der Waals surface area contributed by atoms with Crippen molar-refractivity contribution < 1.29 is 0 Å². The van der Waals surface area contributed by atoms with E-state index in [2.05, 4.69) is 69.8 Å². The lowest BCUT2D eigenvalue weighted by atomic mass is 10.0. The van der Waals surface area contributed by atoms with E-state index in [1.807, 2.05) is 13.0 Å². The minimum absolute atomic E-state index is 0.147. The van der Waals surface area contributed by atoms with Crippen LogP contribution in [0.1, 0.15) is 24.2 Å². The van der Waals surface area contributed by atoms with Crippen molar-refractivity contribution in [3.63, 3.8) is 0 Å². The van der Waals surface area contributed by atoms with Gasteiger partial charge in [0, 0.05) is 17.8 Å². The molecule has 4 rings (SSSR count). The van der Waals surface area contributed by atoms with E-state index in [1.54, 1.807) is 4.52 Å². The Labute approximate surface area is 134 Å². The molecule has 0 amide bonds. The monoisotopic (exact) mass is 303 g/mol. The molecule has 2 aromatic heterocycles. The molecule has 4 aromatic rings. The first-order valence-corrected chi connectivity index (χ1v) is 7.63. The molecule has 2 aromatic carbocycles. The Hall–Kier alpha value is -2.95. The van der Waals surface area contributed by atoms with Gasteiger partial charge in [0.15, 0.2) is 0 Å². The van der Waals surface area contributed by atoms with Crippen LogP contribution in [0.15, 0.2) is 54.9 Å². The maximum atomic E-state index is 4.37. The van der Waals surface area contributed by atoms with Gasteiger partial charge in [-0.1, -0.05) is 36.4 Å². The predicted octanol–water partition coefficient (Wildman–Crippen LogP) is 3.76. The first-order chi connectivity index (χ1) is 11.2. The number of nitrogens with one attached hydrogen (secondary N) is 1. The van der Waals surface area contributed by atoms with Crippen LogP contribution in [0.5, 0.6) is 0 Å². The lowest BCUT2D eigenvalue weighted by Gasteiger charge is -2.17. The Morgan fingerprint density at radius 1 is 1.04 bits per heavy atom. The summed E-state index contributed by atoms with van der Waals surface area (Å²) < 4.78 is 1.73. The van der Waals surface area contributed by atoms with E-state index in [0.29, 0.717) is 5.78 Å². The molecular weight excluding hydrogens is 286 g/mol. The van der Waals surface area contributed by atoms with Crippen LogP contribution in [0.2, 0.25) is 0 Å². The van der Waals surface area contributed by atoms with Gasteiger partial charge in [0.1, 0.15) is 12.1 Å². The van der Waals surface area contributed by atoms with Crippen molar-refractivity contribution in [3.8, 4) is 0 Å².